The van der Waals surface area contributed by atoms with E-state index in [-0.39, 0.29) is 25.2 Å². The maximum atomic E-state index is 12.9. The molecule has 0 rings (SSSR count). The average molecular weight is 1000 g/mol. The maximum Gasteiger partial charge on any atom is 0.306 e. The molecule has 0 aromatic heterocycles. The second-order valence-electron chi connectivity index (χ2n) is 20.6. The summed E-state index contributed by atoms with van der Waals surface area (Å²) in [6, 6.07) is 0. The zero-order chi connectivity index (χ0) is 52.0. The molecule has 0 aliphatic heterocycles. The first-order valence-electron chi connectivity index (χ1n) is 31.1. The molecule has 0 amide bonds. The molecule has 5 nitrogen and oxygen atoms in total. The van der Waals surface area contributed by atoms with Crippen molar-refractivity contribution in [2.24, 2.45) is 0 Å². The van der Waals surface area contributed by atoms with Gasteiger partial charge in [0.25, 0.3) is 0 Å². The lowest BCUT2D eigenvalue weighted by Crippen LogP contribution is -2.30. The van der Waals surface area contributed by atoms with Crippen LogP contribution in [0.3, 0.4) is 0 Å². The van der Waals surface area contributed by atoms with Gasteiger partial charge in [0.2, 0.25) is 0 Å². The number of unbranched alkanes of at least 4 members (excludes halogenated alkanes) is 32. The standard InChI is InChI=1S/C67H118O5/c1-4-7-10-13-16-19-22-25-28-31-34-36-39-42-45-48-51-54-57-60-66(68)71-64-65(63-70-62-59-56-53-50-47-44-41-38-33-30-27-24-21-18-15-12-9-6-3)72-67(69)61-58-55-52-49-46-43-40-37-35-32-29-26-23-20-17-14-11-8-5-2/h7,9-10,12,16,18-19,21,25,27-28,30,34,36,65H,4-6,8,11,13-15,17,20,22-24,26,29,31-33,35,37-64H2,1-3H3/b10-7-,12-9-,19-16-,21-18-,28-25-,30-27-,36-34-. The molecule has 1 atom stereocenters. The number of hydrogen-bond acceptors (Lipinski definition) is 5. The fourth-order valence-electron chi connectivity index (χ4n) is 8.87. The van der Waals surface area contributed by atoms with Crippen LogP contribution in [0.25, 0.3) is 0 Å². The molecule has 1 unspecified atom stereocenters. The Morgan fingerprint density at radius 2 is 0.625 bits per heavy atom. The van der Waals surface area contributed by atoms with Gasteiger partial charge in [-0.15, -0.1) is 0 Å². The van der Waals surface area contributed by atoms with E-state index < -0.39 is 6.10 Å². The molecule has 0 spiro atoms. The number of hydrogen-bond donors (Lipinski definition) is 0. The average Bonchev–Trinajstić information content (AvgIpc) is 3.38. The van der Waals surface area contributed by atoms with Gasteiger partial charge in [-0.25, -0.2) is 0 Å². The Morgan fingerprint density at radius 3 is 1.00 bits per heavy atom. The molecule has 0 saturated heterocycles. The fraction of sp³-hybridized carbons (Fsp3) is 0.761. The van der Waals surface area contributed by atoms with E-state index in [9.17, 15) is 9.59 Å². The fourth-order valence-corrected chi connectivity index (χ4v) is 8.87. The molecule has 0 aromatic carbocycles. The van der Waals surface area contributed by atoms with Crippen molar-refractivity contribution in [1.29, 1.82) is 0 Å². The minimum absolute atomic E-state index is 0.0743. The van der Waals surface area contributed by atoms with Gasteiger partial charge in [-0.05, 0) is 89.9 Å². The molecule has 0 fully saturated rings. The Morgan fingerprint density at radius 1 is 0.319 bits per heavy atom. The largest absolute Gasteiger partial charge is 0.462 e. The Hall–Kier alpha value is -2.92. The van der Waals surface area contributed by atoms with Crippen molar-refractivity contribution in [1.82, 2.24) is 0 Å². The van der Waals surface area contributed by atoms with Gasteiger partial charge < -0.3 is 14.2 Å². The van der Waals surface area contributed by atoms with Crippen LogP contribution in [-0.4, -0.2) is 37.9 Å². The van der Waals surface area contributed by atoms with E-state index in [1.807, 2.05) is 0 Å². The number of esters is 2. The molecule has 0 radical (unpaired) electrons. The predicted octanol–water partition coefficient (Wildman–Crippen LogP) is 21.6. The van der Waals surface area contributed by atoms with Gasteiger partial charge in [0, 0.05) is 19.4 Å². The molecule has 0 aliphatic rings. The number of carbonyl (C=O) groups excluding carboxylic acids is 2. The van der Waals surface area contributed by atoms with Crippen LogP contribution in [0.4, 0.5) is 0 Å². The van der Waals surface area contributed by atoms with Crippen molar-refractivity contribution in [2.45, 2.75) is 309 Å². The third-order valence-corrected chi connectivity index (χ3v) is 13.4. The smallest absolute Gasteiger partial charge is 0.306 e. The SMILES string of the molecule is CC/C=C\C/C=C\C/C=C\C/C=C\CCCCCCCCC(=O)OCC(COCCCCCCCCCC/C=C\C/C=C\C/C=C\CC)OC(=O)CCCCCCCCCCCCCCCCCCCCC. The molecule has 0 heterocycles. The van der Waals surface area contributed by atoms with Crippen LogP contribution >= 0.6 is 0 Å². The van der Waals surface area contributed by atoms with Crippen molar-refractivity contribution in [3.63, 3.8) is 0 Å². The van der Waals surface area contributed by atoms with Crippen LogP contribution in [0.5, 0.6) is 0 Å². The van der Waals surface area contributed by atoms with Crippen molar-refractivity contribution in [2.75, 3.05) is 19.8 Å². The first kappa shape index (κ1) is 69.1. The zero-order valence-corrected chi connectivity index (χ0v) is 47.9. The van der Waals surface area contributed by atoms with Crippen molar-refractivity contribution in [3.8, 4) is 0 Å². The summed E-state index contributed by atoms with van der Waals surface area (Å²) >= 11 is 0. The first-order chi connectivity index (χ1) is 35.6. The Balaban J connectivity index is 4.30. The zero-order valence-electron chi connectivity index (χ0n) is 47.9. The molecule has 72 heavy (non-hydrogen) atoms. The summed E-state index contributed by atoms with van der Waals surface area (Å²) in [6.07, 6.45) is 83.3. The number of rotatable bonds is 57. The highest BCUT2D eigenvalue weighted by Crippen LogP contribution is 2.17. The molecule has 0 aliphatic carbocycles. The molecule has 416 valence electrons. The van der Waals surface area contributed by atoms with E-state index in [2.05, 4.69) is 106 Å². The van der Waals surface area contributed by atoms with Gasteiger partial charge in [-0.1, -0.05) is 286 Å². The summed E-state index contributed by atoms with van der Waals surface area (Å²) in [7, 11) is 0. The second-order valence-corrected chi connectivity index (χ2v) is 20.6. The van der Waals surface area contributed by atoms with E-state index in [0.29, 0.717) is 19.4 Å². The molecular formula is C67H118O5. The topological polar surface area (TPSA) is 61.8 Å². The number of carbonyl (C=O) groups is 2. The predicted molar refractivity (Wildman–Crippen MR) is 316 cm³/mol. The molecule has 0 N–H and O–H groups in total. The van der Waals surface area contributed by atoms with E-state index in [1.54, 1.807) is 0 Å². The molecule has 0 bridgehead atoms. The van der Waals surface area contributed by atoms with Crippen LogP contribution < -0.4 is 0 Å². The summed E-state index contributed by atoms with van der Waals surface area (Å²) in [5.74, 6) is -0.405. The minimum Gasteiger partial charge on any atom is -0.462 e. The monoisotopic (exact) mass is 1000 g/mol. The third kappa shape index (κ3) is 59.6. The highest BCUT2D eigenvalue weighted by atomic mass is 16.6. The molecule has 5 heteroatoms. The van der Waals surface area contributed by atoms with Gasteiger partial charge in [0.15, 0.2) is 6.10 Å². The van der Waals surface area contributed by atoms with Crippen molar-refractivity contribution < 1.29 is 23.8 Å². The van der Waals surface area contributed by atoms with Gasteiger partial charge in [-0.3, -0.25) is 9.59 Å². The number of ether oxygens (including phenoxy) is 3. The summed E-state index contributed by atoms with van der Waals surface area (Å²) in [4.78, 5) is 25.6. The Kier molecular flexibility index (Phi) is 59.8. The maximum absolute atomic E-state index is 12.9. The highest BCUT2D eigenvalue weighted by molar-refractivity contribution is 5.70. The van der Waals surface area contributed by atoms with Crippen LogP contribution in [0, 0.1) is 0 Å². The lowest BCUT2D eigenvalue weighted by molar-refractivity contribution is -0.163. The van der Waals surface area contributed by atoms with E-state index >= 15 is 0 Å². The summed E-state index contributed by atoms with van der Waals surface area (Å²) < 4.78 is 17.5. The van der Waals surface area contributed by atoms with Crippen LogP contribution in [0.1, 0.15) is 303 Å². The summed E-state index contributed by atoms with van der Waals surface area (Å²) in [6.45, 7) is 7.62. The lowest BCUT2D eigenvalue weighted by Gasteiger charge is -2.18. The Labute approximate surface area is 448 Å². The van der Waals surface area contributed by atoms with Gasteiger partial charge in [-0.2, -0.15) is 0 Å². The van der Waals surface area contributed by atoms with Crippen molar-refractivity contribution >= 4 is 11.9 Å². The third-order valence-electron chi connectivity index (χ3n) is 13.4. The molecule has 0 aromatic rings. The van der Waals surface area contributed by atoms with Gasteiger partial charge in [0.1, 0.15) is 6.61 Å². The van der Waals surface area contributed by atoms with Crippen LogP contribution in [0.2, 0.25) is 0 Å². The van der Waals surface area contributed by atoms with Crippen molar-refractivity contribution in [3.05, 3.63) is 85.1 Å². The van der Waals surface area contributed by atoms with E-state index in [4.69, 9.17) is 14.2 Å². The Bertz CT molecular complexity index is 1320. The van der Waals surface area contributed by atoms with Crippen LogP contribution in [0.15, 0.2) is 85.1 Å². The van der Waals surface area contributed by atoms with Gasteiger partial charge >= 0.3 is 11.9 Å². The minimum atomic E-state index is -0.550. The normalized spacial score (nSPS) is 12.8. The molecule has 0 saturated carbocycles. The quantitative estimate of drug-likeness (QED) is 0.0345. The highest BCUT2D eigenvalue weighted by Gasteiger charge is 2.17. The van der Waals surface area contributed by atoms with Crippen LogP contribution in [-0.2, 0) is 23.8 Å². The lowest BCUT2D eigenvalue weighted by atomic mass is 10.0. The number of allylic oxidation sites excluding steroid dienone is 14. The van der Waals surface area contributed by atoms with Gasteiger partial charge in [0.05, 0.1) is 6.61 Å². The first-order valence-corrected chi connectivity index (χ1v) is 31.1. The van der Waals surface area contributed by atoms with E-state index in [1.165, 1.54) is 173 Å². The summed E-state index contributed by atoms with van der Waals surface area (Å²) in [5.41, 5.74) is 0. The summed E-state index contributed by atoms with van der Waals surface area (Å²) in [5, 5.41) is 0. The second kappa shape index (κ2) is 62.4. The molecular weight excluding hydrogens is 885 g/mol. The van der Waals surface area contributed by atoms with E-state index in [0.717, 1.165) is 96.3 Å².